The van der Waals surface area contributed by atoms with Gasteiger partial charge in [-0.05, 0) is 43.3 Å². The van der Waals surface area contributed by atoms with Gasteiger partial charge in [0.25, 0.3) is 0 Å². The first-order valence-corrected chi connectivity index (χ1v) is 10.2. The molecular weight excluding hydrogens is 407 g/mol. The van der Waals surface area contributed by atoms with Gasteiger partial charge in [0, 0.05) is 41.9 Å². The van der Waals surface area contributed by atoms with Crippen LogP contribution in [0.2, 0.25) is 0 Å². The molecule has 0 aliphatic rings. The van der Waals surface area contributed by atoms with Gasteiger partial charge in [-0.3, -0.25) is 14.8 Å². The molecule has 1 atom stereocenters. The predicted molar refractivity (Wildman–Crippen MR) is 122 cm³/mol. The second-order valence-corrected chi connectivity index (χ2v) is 7.57. The van der Waals surface area contributed by atoms with Crippen LogP contribution in [0.3, 0.4) is 0 Å². The summed E-state index contributed by atoms with van der Waals surface area (Å²) >= 11 is 0. The van der Waals surface area contributed by atoms with E-state index in [-0.39, 0.29) is 17.3 Å². The van der Waals surface area contributed by atoms with Crippen LogP contribution >= 0.6 is 0 Å². The number of aromatic nitrogens is 5. The van der Waals surface area contributed by atoms with Crippen LogP contribution in [-0.2, 0) is 6.42 Å². The molecule has 0 aliphatic heterocycles. The molecule has 0 fully saturated rings. The molecule has 1 aromatic carbocycles. The van der Waals surface area contributed by atoms with Crippen LogP contribution in [0.5, 0.6) is 0 Å². The molecule has 0 radical (unpaired) electrons. The lowest BCUT2D eigenvalue weighted by Gasteiger charge is -2.17. The number of anilines is 1. The molecule has 0 saturated carbocycles. The summed E-state index contributed by atoms with van der Waals surface area (Å²) in [6, 6.07) is 13.5. The average molecular weight is 426 g/mol. The Morgan fingerprint density at radius 3 is 2.84 bits per heavy atom. The number of hydrogen-bond acceptors (Lipinski definition) is 6. The molecule has 4 heterocycles. The second kappa shape index (κ2) is 8.14. The first kappa shape index (κ1) is 19.7. The highest BCUT2D eigenvalue weighted by molar-refractivity contribution is 5.86. The number of benzene rings is 1. The number of hydrogen-bond donors (Lipinski definition) is 2. The van der Waals surface area contributed by atoms with Crippen LogP contribution in [-0.4, -0.2) is 31.0 Å². The highest BCUT2D eigenvalue weighted by atomic mass is 19.1. The molecule has 0 aliphatic carbocycles. The van der Waals surface area contributed by atoms with E-state index in [9.17, 15) is 9.18 Å². The van der Waals surface area contributed by atoms with Gasteiger partial charge in [0.15, 0.2) is 5.43 Å². The van der Waals surface area contributed by atoms with Gasteiger partial charge in [0.1, 0.15) is 29.0 Å². The van der Waals surface area contributed by atoms with Gasteiger partial charge in [-0.2, -0.15) is 0 Å². The van der Waals surface area contributed by atoms with Crippen molar-refractivity contribution >= 4 is 27.8 Å². The Labute approximate surface area is 182 Å². The number of nitrogens with one attached hydrogen (secondary N) is 2. The Morgan fingerprint density at radius 2 is 2.00 bits per heavy atom. The Kier molecular flexibility index (Phi) is 5.03. The molecule has 2 N–H and O–H groups in total. The minimum absolute atomic E-state index is 0.111. The number of fused-ring (bicyclic) bond motifs is 2. The fraction of sp³-hybridized carbons (Fsp3) is 0.125. The van der Waals surface area contributed by atoms with Crippen molar-refractivity contribution in [2.24, 2.45) is 0 Å². The second-order valence-electron chi connectivity index (χ2n) is 7.57. The summed E-state index contributed by atoms with van der Waals surface area (Å²) in [7, 11) is 0. The van der Waals surface area contributed by atoms with Crippen molar-refractivity contribution in [3.63, 3.8) is 0 Å². The average Bonchev–Trinajstić information content (AvgIpc) is 2.79. The van der Waals surface area contributed by atoms with Gasteiger partial charge < -0.3 is 10.3 Å². The predicted octanol–water partition coefficient (Wildman–Crippen LogP) is 4.11. The minimum Gasteiger partial charge on any atom is -0.366 e. The van der Waals surface area contributed by atoms with E-state index in [1.165, 1.54) is 24.5 Å². The van der Waals surface area contributed by atoms with E-state index in [1.807, 2.05) is 31.2 Å². The van der Waals surface area contributed by atoms with Crippen molar-refractivity contribution in [2.45, 2.75) is 19.4 Å². The van der Waals surface area contributed by atoms with Crippen LogP contribution in [0.25, 0.3) is 33.2 Å². The van der Waals surface area contributed by atoms with Crippen LogP contribution in [0, 0.1) is 5.82 Å². The lowest BCUT2D eigenvalue weighted by molar-refractivity contribution is 0.629. The molecule has 0 amide bonds. The van der Waals surface area contributed by atoms with Gasteiger partial charge in [-0.1, -0.05) is 6.07 Å². The molecule has 5 aromatic rings. The maximum atomic E-state index is 13.8. The van der Waals surface area contributed by atoms with Gasteiger partial charge in [-0.15, -0.1) is 0 Å². The van der Waals surface area contributed by atoms with E-state index in [1.54, 1.807) is 18.5 Å². The zero-order valence-electron chi connectivity index (χ0n) is 17.2. The summed E-state index contributed by atoms with van der Waals surface area (Å²) in [5.74, 6) is 0.154. The lowest BCUT2D eigenvalue weighted by Crippen LogP contribution is -2.21. The van der Waals surface area contributed by atoms with Crippen LogP contribution < -0.4 is 10.7 Å². The third kappa shape index (κ3) is 3.78. The molecule has 32 heavy (non-hydrogen) atoms. The summed E-state index contributed by atoms with van der Waals surface area (Å²) in [4.78, 5) is 33.0. The van der Waals surface area contributed by atoms with Crippen molar-refractivity contribution in [1.29, 1.82) is 0 Å². The first-order valence-electron chi connectivity index (χ1n) is 10.2. The van der Waals surface area contributed by atoms with E-state index in [2.05, 4.69) is 25.3 Å². The molecule has 8 heteroatoms. The fourth-order valence-corrected chi connectivity index (χ4v) is 3.78. The molecular formula is C24H19FN6O. The summed E-state index contributed by atoms with van der Waals surface area (Å²) in [5, 5.41) is 4.44. The molecule has 0 spiro atoms. The van der Waals surface area contributed by atoms with Gasteiger partial charge >= 0.3 is 0 Å². The van der Waals surface area contributed by atoms with Crippen LogP contribution in [0.1, 0.15) is 12.6 Å². The topological polar surface area (TPSA) is 96.4 Å². The molecule has 0 bridgehead atoms. The maximum Gasteiger partial charge on any atom is 0.194 e. The molecule has 158 valence electrons. The zero-order valence-corrected chi connectivity index (χ0v) is 17.2. The number of halogens is 1. The van der Waals surface area contributed by atoms with Crippen molar-refractivity contribution in [1.82, 2.24) is 24.9 Å². The van der Waals surface area contributed by atoms with Gasteiger partial charge in [0.05, 0.1) is 16.9 Å². The summed E-state index contributed by atoms with van der Waals surface area (Å²) < 4.78 is 13.8. The van der Waals surface area contributed by atoms with Crippen molar-refractivity contribution in [3.8, 4) is 11.3 Å². The normalized spacial score (nSPS) is 12.2. The van der Waals surface area contributed by atoms with Crippen molar-refractivity contribution in [2.75, 3.05) is 5.32 Å². The number of rotatable bonds is 5. The third-order valence-electron chi connectivity index (χ3n) is 5.23. The van der Waals surface area contributed by atoms with E-state index >= 15 is 0 Å². The monoisotopic (exact) mass is 426 g/mol. The van der Waals surface area contributed by atoms with Crippen molar-refractivity contribution < 1.29 is 4.39 Å². The number of H-pyrrole nitrogens is 1. The number of aromatic amines is 1. The number of pyridine rings is 3. The van der Waals surface area contributed by atoms with Crippen LogP contribution in [0.4, 0.5) is 10.2 Å². The van der Waals surface area contributed by atoms with Gasteiger partial charge in [0.2, 0.25) is 0 Å². The van der Waals surface area contributed by atoms with E-state index in [0.29, 0.717) is 34.2 Å². The minimum atomic E-state index is -0.310. The fourth-order valence-electron chi connectivity index (χ4n) is 3.78. The summed E-state index contributed by atoms with van der Waals surface area (Å²) in [6.45, 7) is 1.99. The first-order chi connectivity index (χ1) is 15.6. The van der Waals surface area contributed by atoms with Crippen molar-refractivity contribution in [3.05, 3.63) is 89.0 Å². The molecule has 7 nitrogen and oxygen atoms in total. The molecule has 0 saturated heterocycles. The van der Waals surface area contributed by atoms with E-state index in [0.717, 1.165) is 17.0 Å². The van der Waals surface area contributed by atoms with E-state index < -0.39 is 0 Å². The van der Waals surface area contributed by atoms with Gasteiger partial charge in [-0.25, -0.2) is 14.4 Å². The molecule has 1 unspecified atom stereocenters. The summed E-state index contributed by atoms with van der Waals surface area (Å²) in [5.41, 5.74) is 3.43. The van der Waals surface area contributed by atoms with Crippen LogP contribution in [0.15, 0.2) is 72.0 Å². The highest BCUT2D eigenvalue weighted by Gasteiger charge is 2.16. The number of nitrogens with zero attached hydrogens (tertiary/aromatic N) is 4. The molecule has 5 rings (SSSR count). The Hall–Kier alpha value is -4.20. The quantitative estimate of drug-likeness (QED) is 0.439. The Bertz CT molecular complexity index is 1480. The molecule has 4 aromatic heterocycles. The zero-order chi connectivity index (χ0) is 22.1. The summed E-state index contributed by atoms with van der Waals surface area (Å²) in [6.07, 6.45) is 5.23. The van der Waals surface area contributed by atoms with E-state index in [4.69, 9.17) is 4.98 Å². The SMILES string of the molecule is CC(Cc1nc2ccc(F)cc2cc1-c1ccccn1)Nc1ncnc2[nH]ccc(=O)c12. The smallest absolute Gasteiger partial charge is 0.194 e. The highest BCUT2D eigenvalue weighted by Crippen LogP contribution is 2.27. The standard InChI is InChI=1S/C24H19FN6O/c1-14(30-24-22-21(32)7-9-27-23(22)28-13-29-24)10-20-17(19-4-2-3-8-26-19)12-15-11-16(25)5-6-18(15)31-20/h2-9,11-14H,10H2,1H3,(H2,27,28,29,30,32). The largest absolute Gasteiger partial charge is 0.366 e. The Balaban J connectivity index is 1.54. The maximum absolute atomic E-state index is 13.8. The third-order valence-corrected chi connectivity index (χ3v) is 5.23. The lowest BCUT2D eigenvalue weighted by atomic mass is 10.0. The Morgan fingerprint density at radius 1 is 1.09 bits per heavy atom.